The summed E-state index contributed by atoms with van der Waals surface area (Å²) in [5.41, 5.74) is -0.168. The first-order valence-electron chi connectivity index (χ1n) is 5.40. The van der Waals surface area contributed by atoms with Gasteiger partial charge in [-0.1, -0.05) is 28.7 Å². The van der Waals surface area contributed by atoms with Crippen molar-refractivity contribution in [2.45, 2.75) is 19.3 Å². The van der Waals surface area contributed by atoms with E-state index in [4.69, 9.17) is 0 Å². The Morgan fingerprint density at radius 3 is 2.47 bits per heavy atom. The third-order valence-electron chi connectivity index (χ3n) is 2.28. The van der Waals surface area contributed by atoms with Crippen LogP contribution in [-0.4, -0.2) is 16.9 Å². The first kappa shape index (κ1) is 14.3. The molecule has 1 rings (SSSR count). The number of hydrogen-bond acceptors (Lipinski definition) is 1. The van der Waals surface area contributed by atoms with Crippen LogP contribution in [0.4, 0.5) is 8.78 Å². The smallest absolute Gasteiger partial charge is 0.224 e. The number of halogens is 3. The average Bonchev–Trinajstić information content (AvgIpc) is 2.30. The lowest BCUT2D eigenvalue weighted by Crippen LogP contribution is -2.26. The standard InChI is InChI=1S/C12H14F2INO/c13-10-4-3-5-11(14)9(10)8-12(17)16-7-2-1-6-15/h3-5H,1-2,6-8H2,(H,16,17). The summed E-state index contributed by atoms with van der Waals surface area (Å²) < 4.78 is 27.5. The molecule has 0 saturated carbocycles. The second kappa shape index (κ2) is 7.58. The molecule has 5 heteroatoms. The zero-order valence-corrected chi connectivity index (χ0v) is 11.5. The summed E-state index contributed by atoms with van der Waals surface area (Å²) in [6.45, 7) is 0.553. The molecule has 1 aromatic rings. The highest BCUT2D eigenvalue weighted by molar-refractivity contribution is 14.1. The molecule has 0 heterocycles. The van der Waals surface area contributed by atoms with Crippen molar-refractivity contribution in [1.82, 2.24) is 5.32 Å². The maximum absolute atomic E-state index is 13.2. The van der Waals surface area contributed by atoms with Gasteiger partial charge in [0.15, 0.2) is 0 Å². The topological polar surface area (TPSA) is 29.1 Å². The Morgan fingerprint density at radius 1 is 1.24 bits per heavy atom. The van der Waals surface area contributed by atoms with Crippen LogP contribution in [0.1, 0.15) is 18.4 Å². The molecule has 94 valence electrons. The zero-order chi connectivity index (χ0) is 12.7. The van der Waals surface area contributed by atoms with E-state index in [1.165, 1.54) is 6.07 Å². The predicted molar refractivity (Wildman–Crippen MR) is 71.2 cm³/mol. The van der Waals surface area contributed by atoms with Crippen LogP contribution < -0.4 is 5.32 Å². The summed E-state index contributed by atoms with van der Waals surface area (Å²) in [4.78, 5) is 11.4. The molecular weight excluding hydrogens is 339 g/mol. The molecule has 17 heavy (non-hydrogen) atoms. The molecule has 0 unspecified atom stereocenters. The third kappa shape index (κ3) is 4.97. The van der Waals surface area contributed by atoms with Crippen molar-refractivity contribution in [3.05, 3.63) is 35.4 Å². The van der Waals surface area contributed by atoms with E-state index in [-0.39, 0.29) is 17.9 Å². The summed E-state index contributed by atoms with van der Waals surface area (Å²) in [6.07, 6.45) is 1.66. The number of hydrogen-bond donors (Lipinski definition) is 1. The lowest BCUT2D eigenvalue weighted by molar-refractivity contribution is -0.120. The van der Waals surface area contributed by atoms with Gasteiger partial charge in [0.2, 0.25) is 5.91 Å². The minimum absolute atomic E-state index is 0.168. The predicted octanol–water partition coefficient (Wildman–Crippen LogP) is 2.84. The fourth-order valence-corrected chi connectivity index (χ4v) is 1.91. The van der Waals surface area contributed by atoms with Crippen molar-refractivity contribution < 1.29 is 13.6 Å². The monoisotopic (exact) mass is 353 g/mol. The van der Waals surface area contributed by atoms with Gasteiger partial charge in [-0.15, -0.1) is 0 Å². The van der Waals surface area contributed by atoms with Crippen LogP contribution in [0.15, 0.2) is 18.2 Å². The Morgan fingerprint density at radius 2 is 1.88 bits per heavy atom. The molecule has 0 saturated heterocycles. The van der Waals surface area contributed by atoms with Gasteiger partial charge in [0.05, 0.1) is 6.42 Å². The molecule has 2 nitrogen and oxygen atoms in total. The lowest BCUT2D eigenvalue weighted by Gasteiger charge is -2.06. The van der Waals surface area contributed by atoms with Gasteiger partial charge in [0, 0.05) is 12.1 Å². The van der Waals surface area contributed by atoms with Crippen molar-refractivity contribution >= 4 is 28.5 Å². The van der Waals surface area contributed by atoms with E-state index < -0.39 is 11.6 Å². The van der Waals surface area contributed by atoms with E-state index in [2.05, 4.69) is 27.9 Å². The number of carbonyl (C=O) groups is 1. The van der Waals surface area contributed by atoms with E-state index in [1.807, 2.05) is 0 Å². The number of benzene rings is 1. The first-order valence-corrected chi connectivity index (χ1v) is 6.93. The summed E-state index contributed by atoms with van der Waals surface area (Å²) in [5, 5.41) is 2.64. The maximum Gasteiger partial charge on any atom is 0.224 e. The molecule has 1 aromatic carbocycles. The second-order valence-electron chi connectivity index (χ2n) is 3.62. The van der Waals surface area contributed by atoms with Crippen LogP contribution >= 0.6 is 22.6 Å². The van der Waals surface area contributed by atoms with E-state index in [0.717, 1.165) is 29.4 Å². The van der Waals surface area contributed by atoms with Crippen molar-refractivity contribution in [2.75, 3.05) is 11.0 Å². The quantitative estimate of drug-likeness (QED) is 0.476. The molecule has 0 aliphatic rings. The molecule has 0 atom stereocenters. The van der Waals surface area contributed by atoms with Crippen LogP contribution in [-0.2, 0) is 11.2 Å². The first-order chi connectivity index (χ1) is 8.15. The Hall–Kier alpha value is -0.720. The fraction of sp³-hybridized carbons (Fsp3) is 0.417. The molecule has 0 spiro atoms. The molecule has 0 radical (unpaired) electrons. The molecule has 0 aliphatic heterocycles. The minimum Gasteiger partial charge on any atom is -0.356 e. The Labute approximate surface area is 113 Å². The highest BCUT2D eigenvalue weighted by Gasteiger charge is 2.12. The molecule has 0 bridgehead atoms. The largest absolute Gasteiger partial charge is 0.356 e. The van der Waals surface area contributed by atoms with E-state index in [0.29, 0.717) is 6.54 Å². The SMILES string of the molecule is O=C(Cc1c(F)cccc1F)NCCCCI. The Balaban J connectivity index is 2.45. The van der Waals surface area contributed by atoms with Gasteiger partial charge in [-0.25, -0.2) is 8.78 Å². The molecule has 0 aliphatic carbocycles. The molecule has 0 fully saturated rings. The van der Waals surface area contributed by atoms with Crippen LogP contribution in [0.2, 0.25) is 0 Å². The Bertz CT molecular complexity index is 365. The highest BCUT2D eigenvalue weighted by Crippen LogP contribution is 2.12. The number of alkyl halides is 1. The molecule has 1 amide bonds. The number of nitrogens with one attached hydrogen (secondary N) is 1. The summed E-state index contributed by atoms with van der Waals surface area (Å²) in [5.74, 6) is -1.69. The molecular formula is C12H14F2INO. The normalized spacial score (nSPS) is 10.3. The lowest BCUT2D eigenvalue weighted by atomic mass is 10.1. The van der Waals surface area contributed by atoms with Gasteiger partial charge >= 0.3 is 0 Å². The van der Waals surface area contributed by atoms with Crippen LogP contribution in [0.25, 0.3) is 0 Å². The van der Waals surface area contributed by atoms with Crippen molar-refractivity contribution in [3.63, 3.8) is 0 Å². The van der Waals surface area contributed by atoms with E-state index >= 15 is 0 Å². The van der Waals surface area contributed by atoms with Gasteiger partial charge in [0.1, 0.15) is 11.6 Å². The van der Waals surface area contributed by atoms with E-state index in [1.54, 1.807) is 0 Å². The van der Waals surface area contributed by atoms with Gasteiger partial charge in [-0.3, -0.25) is 4.79 Å². The van der Waals surface area contributed by atoms with E-state index in [9.17, 15) is 13.6 Å². The fourth-order valence-electron chi connectivity index (χ4n) is 1.37. The minimum atomic E-state index is -0.674. The van der Waals surface area contributed by atoms with Crippen LogP contribution in [0.5, 0.6) is 0 Å². The van der Waals surface area contributed by atoms with Crippen molar-refractivity contribution in [2.24, 2.45) is 0 Å². The van der Waals surface area contributed by atoms with Gasteiger partial charge in [-0.05, 0) is 29.4 Å². The van der Waals surface area contributed by atoms with Gasteiger partial charge < -0.3 is 5.32 Å². The summed E-state index contributed by atoms with van der Waals surface area (Å²) in [6, 6.07) is 3.59. The van der Waals surface area contributed by atoms with Gasteiger partial charge in [0.25, 0.3) is 0 Å². The third-order valence-corrected chi connectivity index (χ3v) is 3.04. The molecule has 0 aromatic heterocycles. The van der Waals surface area contributed by atoms with Crippen LogP contribution in [0, 0.1) is 11.6 Å². The zero-order valence-electron chi connectivity index (χ0n) is 9.31. The average molecular weight is 353 g/mol. The van der Waals surface area contributed by atoms with Crippen LogP contribution in [0.3, 0.4) is 0 Å². The maximum atomic E-state index is 13.2. The number of carbonyl (C=O) groups excluding carboxylic acids is 1. The Kier molecular flexibility index (Phi) is 6.39. The molecule has 1 N–H and O–H groups in total. The number of rotatable bonds is 6. The summed E-state index contributed by atoms with van der Waals surface area (Å²) in [7, 11) is 0. The second-order valence-corrected chi connectivity index (χ2v) is 4.70. The van der Waals surface area contributed by atoms with Gasteiger partial charge in [-0.2, -0.15) is 0 Å². The summed E-state index contributed by atoms with van der Waals surface area (Å²) >= 11 is 2.26. The van der Waals surface area contributed by atoms with Crippen molar-refractivity contribution in [1.29, 1.82) is 0 Å². The number of unbranched alkanes of at least 4 members (excludes halogenated alkanes) is 1. The number of amides is 1. The highest BCUT2D eigenvalue weighted by atomic mass is 127. The van der Waals surface area contributed by atoms with Crippen molar-refractivity contribution in [3.8, 4) is 0 Å².